The molecule has 0 aromatic rings. The smallest absolute Gasteiger partial charge is 0.0468 e. The Bertz CT molecular complexity index is 261. The molecule has 98 valence electrons. The first-order valence-electron chi connectivity index (χ1n) is 7.26. The summed E-state index contributed by atoms with van der Waals surface area (Å²) in [4.78, 5) is 2.71. The number of hydrogen-bond acceptors (Lipinski definition) is 3. The van der Waals surface area contributed by atoms with Gasteiger partial charge in [-0.05, 0) is 43.4 Å². The molecule has 0 radical (unpaired) electrons. The first-order valence-corrected chi connectivity index (χ1v) is 7.26. The van der Waals surface area contributed by atoms with Crippen molar-refractivity contribution in [2.45, 2.75) is 38.1 Å². The van der Waals surface area contributed by atoms with Crippen LogP contribution >= 0.6 is 0 Å². The quantitative estimate of drug-likeness (QED) is 0.759. The van der Waals surface area contributed by atoms with Crippen LogP contribution in [-0.2, 0) is 4.74 Å². The Balaban J connectivity index is 1.47. The Morgan fingerprint density at radius 2 is 2.18 bits per heavy atom. The van der Waals surface area contributed by atoms with Gasteiger partial charge in [0.25, 0.3) is 0 Å². The Morgan fingerprint density at radius 3 is 2.82 bits per heavy atom. The van der Waals surface area contributed by atoms with E-state index in [1.807, 2.05) is 7.11 Å². The molecule has 2 aliphatic carbocycles. The van der Waals surface area contributed by atoms with E-state index in [2.05, 4.69) is 10.2 Å². The predicted octanol–water partition coefficient (Wildman–Crippen LogP) is 1.49. The Kier molecular flexibility index (Phi) is 3.42. The number of rotatable bonds is 6. The molecule has 0 amide bonds. The molecule has 1 saturated heterocycles. The lowest BCUT2D eigenvalue weighted by Gasteiger charge is -2.36. The van der Waals surface area contributed by atoms with E-state index in [9.17, 15) is 0 Å². The van der Waals surface area contributed by atoms with Crippen molar-refractivity contribution in [2.75, 3.05) is 39.9 Å². The topological polar surface area (TPSA) is 24.5 Å². The van der Waals surface area contributed by atoms with Gasteiger partial charge in [0.05, 0.1) is 0 Å². The largest absolute Gasteiger partial charge is 0.385 e. The lowest BCUT2D eigenvalue weighted by Crippen LogP contribution is -2.52. The number of ether oxygens (including phenoxy) is 1. The zero-order valence-corrected chi connectivity index (χ0v) is 11.1. The fourth-order valence-electron chi connectivity index (χ4n) is 3.26. The van der Waals surface area contributed by atoms with Crippen molar-refractivity contribution in [2.24, 2.45) is 11.3 Å². The molecule has 1 heterocycles. The molecule has 0 bridgehead atoms. The monoisotopic (exact) mass is 238 g/mol. The third kappa shape index (κ3) is 3.01. The molecule has 0 aromatic heterocycles. The summed E-state index contributed by atoms with van der Waals surface area (Å²) in [7, 11) is 1.82. The van der Waals surface area contributed by atoms with E-state index in [1.54, 1.807) is 0 Å². The van der Waals surface area contributed by atoms with Gasteiger partial charge < -0.3 is 10.1 Å². The zero-order valence-electron chi connectivity index (χ0n) is 11.1. The molecular weight excluding hydrogens is 212 g/mol. The third-order valence-corrected chi connectivity index (χ3v) is 4.83. The summed E-state index contributed by atoms with van der Waals surface area (Å²) in [5.74, 6) is 0.993. The van der Waals surface area contributed by atoms with Gasteiger partial charge in [-0.15, -0.1) is 0 Å². The van der Waals surface area contributed by atoms with Crippen molar-refractivity contribution in [3.8, 4) is 0 Å². The fourth-order valence-corrected chi connectivity index (χ4v) is 3.26. The van der Waals surface area contributed by atoms with Crippen molar-refractivity contribution in [3.63, 3.8) is 0 Å². The van der Waals surface area contributed by atoms with Crippen LogP contribution in [0.1, 0.15) is 32.1 Å². The molecule has 0 spiro atoms. The van der Waals surface area contributed by atoms with Crippen molar-refractivity contribution in [1.29, 1.82) is 0 Å². The van der Waals surface area contributed by atoms with Crippen LogP contribution < -0.4 is 5.32 Å². The van der Waals surface area contributed by atoms with Gasteiger partial charge in [0.2, 0.25) is 0 Å². The van der Waals surface area contributed by atoms with Gasteiger partial charge in [-0.2, -0.15) is 0 Å². The number of nitrogens with one attached hydrogen (secondary N) is 1. The average molecular weight is 238 g/mol. The molecule has 1 N–H and O–H groups in total. The molecule has 1 unspecified atom stereocenters. The predicted molar refractivity (Wildman–Crippen MR) is 69.1 cm³/mol. The normalized spacial score (nSPS) is 32.6. The lowest BCUT2D eigenvalue weighted by molar-refractivity contribution is 0.125. The van der Waals surface area contributed by atoms with Crippen LogP contribution in [0.3, 0.4) is 0 Å². The van der Waals surface area contributed by atoms with Crippen molar-refractivity contribution in [1.82, 2.24) is 10.2 Å². The van der Waals surface area contributed by atoms with Gasteiger partial charge in [-0.3, -0.25) is 4.90 Å². The second kappa shape index (κ2) is 4.87. The van der Waals surface area contributed by atoms with Gasteiger partial charge in [0.1, 0.15) is 0 Å². The van der Waals surface area contributed by atoms with E-state index in [-0.39, 0.29) is 0 Å². The molecule has 2 saturated carbocycles. The second-order valence-electron chi connectivity index (χ2n) is 6.38. The molecule has 3 nitrogen and oxygen atoms in total. The van der Waals surface area contributed by atoms with Gasteiger partial charge in [0.15, 0.2) is 0 Å². The molecular formula is C14H26N2O. The number of hydrogen-bond donors (Lipinski definition) is 1. The van der Waals surface area contributed by atoms with E-state index >= 15 is 0 Å². The summed E-state index contributed by atoms with van der Waals surface area (Å²) in [5.41, 5.74) is 0.626. The summed E-state index contributed by atoms with van der Waals surface area (Å²) in [6.45, 7) is 6.00. The minimum absolute atomic E-state index is 0.626. The molecule has 3 heteroatoms. The van der Waals surface area contributed by atoms with Crippen LogP contribution in [-0.4, -0.2) is 50.8 Å². The van der Waals surface area contributed by atoms with E-state index in [0.717, 1.165) is 18.6 Å². The van der Waals surface area contributed by atoms with E-state index in [4.69, 9.17) is 4.74 Å². The standard InChI is InChI=1S/C14H26N2O/c1-17-9-6-14(4-5-14)11-16-8-7-15-13(10-16)12-2-3-12/h12-13,15H,2-11H2,1H3. The molecule has 17 heavy (non-hydrogen) atoms. The van der Waals surface area contributed by atoms with Crippen molar-refractivity contribution in [3.05, 3.63) is 0 Å². The zero-order chi connectivity index (χ0) is 11.7. The first kappa shape index (κ1) is 11.9. The number of nitrogens with zero attached hydrogens (tertiary/aromatic N) is 1. The molecule has 3 rings (SSSR count). The second-order valence-corrected chi connectivity index (χ2v) is 6.38. The van der Waals surface area contributed by atoms with Gasteiger partial charge >= 0.3 is 0 Å². The van der Waals surface area contributed by atoms with E-state index < -0.39 is 0 Å². The SMILES string of the molecule is COCCC1(CN2CCNC(C3CC3)C2)CC1. The van der Waals surface area contributed by atoms with E-state index in [0.29, 0.717) is 5.41 Å². The third-order valence-electron chi connectivity index (χ3n) is 4.83. The number of piperazine rings is 1. The van der Waals surface area contributed by atoms with Crippen LogP contribution in [0.5, 0.6) is 0 Å². The van der Waals surface area contributed by atoms with Crippen LogP contribution in [0.25, 0.3) is 0 Å². The van der Waals surface area contributed by atoms with Gasteiger partial charge in [-0.1, -0.05) is 0 Å². The molecule has 3 fully saturated rings. The highest BCUT2D eigenvalue weighted by Gasteiger charge is 2.44. The van der Waals surface area contributed by atoms with Crippen LogP contribution in [0.15, 0.2) is 0 Å². The summed E-state index contributed by atoms with van der Waals surface area (Å²) in [6.07, 6.45) is 7.03. The summed E-state index contributed by atoms with van der Waals surface area (Å²) < 4.78 is 5.25. The highest BCUT2D eigenvalue weighted by molar-refractivity contribution is 4.98. The minimum atomic E-state index is 0.626. The Hall–Kier alpha value is -0.120. The molecule has 0 aromatic carbocycles. The summed E-state index contributed by atoms with van der Waals surface area (Å²) >= 11 is 0. The summed E-state index contributed by atoms with van der Waals surface area (Å²) in [6, 6.07) is 0.793. The van der Waals surface area contributed by atoms with Gasteiger partial charge in [0, 0.05) is 45.9 Å². The highest BCUT2D eigenvalue weighted by atomic mass is 16.5. The van der Waals surface area contributed by atoms with Gasteiger partial charge in [-0.25, -0.2) is 0 Å². The lowest BCUT2D eigenvalue weighted by atomic mass is 10.0. The van der Waals surface area contributed by atoms with Crippen molar-refractivity contribution < 1.29 is 4.74 Å². The van der Waals surface area contributed by atoms with Crippen LogP contribution in [0, 0.1) is 11.3 Å². The maximum Gasteiger partial charge on any atom is 0.0468 e. The fraction of sp³-hybridized carbons (Fsp3) is 1.00. The Labute approximate surface area is 105 Å². The van der Waals surface area contributed by atoms with Crippen molar-refractivity contribution >= 4 is 0 Å². The first-order chi connectivity index (χ1) is 8.31. The maximum atomic E-state index is 5.25. The molecule has 1 aliphatic heterocycles. The number of methoxy groups -OCH3 is 1. The van der Waals surface area contributed by atoms with Crippen LogP contribution in [0.4, 0.5) is 0 Å². The highest BCUT2D eigenvalue weighted by Crippen LogP contribution is 2.49. The van der Waals surface area contributed by atoms with Crippen LogP contribution in [0.2, 0.25) is 0 Å². The summed E-state index contributed by atoms with van der Waals surface area (Å²) in [5, 5.41) is 3.69. The average Bonchev–Trinajstić information content (AvgIpc) is 3.22. The van der Waals surface area contributed by atoms with E-state index in [1.165, 1.54) is 58.3 Å². The minimum Gasteiger partial charge on any atom is -0.385 e. The Morgan fingerprint density at radius 1 is 1.35 bits per heavy atom. The maximum absolute atomic E-state index is 5.25. The molecule has 1 atom stereocenters. The molecule has 3 aliphatic rings.